The zero-order valence-corrected chi connectivity index (χ0v) is 8.92. The Morgan fingerprint density at radius 3 is 2.21 bits per heavy atom. The van der Waals surface area contributed by atoms with Crippen molar-refractivity contribution in [1.82, 2.24) is 10.4 Å². The summed E-state index contributed by atoms with van der Waals surface area (Å²) in [7, 11) is 0. The molecule has 0 aromatic heterocycles. The second kappa shape index (κ2) is 4.96. The Morgan fingerprint density at radius 2 is 1.79 bits per heavy atom. The standard InChI is InChI=1S/C9H16N2O2.ClH/c12-9(10-13)7-3-5-11(6-4-7)8-1-2-8;/h7-8,13H,1-6H2,(H,10,12);1H. The number of carbonyl (C=O) groups is 1. The molecule has 2 fully saturated rings. The van der Waals surface area contributed by atoms with Gasteiger partial charge in [-0.05, 0) is 38.8 Å². The molecule has 2 rings (SSSR count). The van der Waals surface area contributed by atoms with E-state index in [0.717, 1.165) is 32.0 Å². The van der Waals surface area contributed by atoms with Crippen molar-refractivity contribution in [1.29, 1.82) is 0 Å². The third kappa shape index (κ3) is 2.59. The molecule has 5 heteroatoms. The molecule has 0 bridgehead atoms. The number of hydroxylamine groups is 1. The number of halogens is 1. The Labute approximate surface area is 90.0 Å². The van der Waals surface area contributed by atoms with E-state index in [9.17, 15) is 4.79 Å². The van der Waals surface area contributed by atoms with Crippen LogP contribution in [-0.2, 0) is 4.79 Å². The lowest BCUT2D eigenvalue weighted by atomic mass is 9.96. The monoisotopic (exact) mass is 220 g/mol. The molecule has 4 nitrogen and oxygen atoms in total. The first-order valence-corrected chi connectivity index (χ1v) is 4.99. The van der Waals surface area contributed by atoms with Crippen molar-refractivity contribution >= 4 is 18.3 Å². The molecule has 82 valence electrons. The third-order valence-electron chi connectivity index (χ3n) is 3.07. The number of amides is 1. The summed E-state index contributed by atoms with van der Waals surface area (Å²) in [5, 5.41) is 8.46. The van der Waals surface area contributed by atoms with Gasteiger partial charge in [0.05, 0.1) is 0 Å². The average molecular weight is 221 g/mol. The van der Waals surface area contributed by atoms with Gasteiger partial charge in [-0.3, -0.25) is 10.0 Å². The summed E-state index contributed by atoms with van der Waals surface area (Å²) < 4.78 is 0. The van der Waals surface area contributed by atoms with Gasteiger partial charge in [0, 0.05) is 12.0 Å². The largest absolute Gasteiger partial charge is 0.300 e. The first-order valence-electron chi connectivity index (χ1n) is 4.99. The van der Waals surface area contributed by atoms with Crippen molar-refractivity contribution in [3.63, 3.8) is 0 Å². The smallest absolute Gasteiger partial charge is 0.246 e. The quantitative estimate of drug-likeness (QED) is 0.535. The minimum absolute atomic E-state index is 0. The van der Waals surface area contributed by atoms with Gasteiger partial charge >= 0.3 is 0 Å². The molecular weight excluding hydrogens is 204 g/mol. The minimum atomic E-state index is -0.213. The second-order valence-electron chi connectivity index (χ2n) is 4.02. The van der Waals surface area contributed by atoms with Crippen LogP contribution < -0.4 is 5.48 Å². The molecule has 2 N–H and O–H groups in total. The number of hydrogen-bond donors (Lipinski definition) is 2. The highest BCUT2D eigenvalue weighted by Crippen LogP contribution is 2.30. The summed E-state index contributed by atoms with van der Waals surface area (Å²) in [5.41, 5.74) is 1.74. The molecule has 1 amide bonds. The van der Waals surface area contributed by atoms with Gasteiger partial charge in [-0.15, -0.1) is 12.4 Å². The predicted molar refractivity (Wildman–Crippen MR) is 54.5 cm³/mol. The van der Waals surface area contributed by atoms with Crippen molar-refractivity contribution in [2.24, 2.45) is 5.92 Å². The van der Waals surface area contributed by atoms with Crippen LogP contribution in [0.15, 0.2) is 0 Å². The third-order valence-corrected chi connectivity index (χ3v) is 3.07. The van der Waals surface area contributed by atoms with Crippen LogP contribution >= 0.6 is 12.4 Å². The zero-order valence-electron chi connectivity index (χ0n) is 8.11. The molecule has 0 aromatic rings. The van der Waals surface area contributed by atoms with E-state index in [1.54, 1.807) is 5.48 Å². The lowest BCUT2D eigenvalue weighted by Crippen LogP contribution is -2.40. The lowest BCUT2D eigenvalue weighted by Gasteiger charge is -2.30. The summed E-state index contributed by atoms with van der Waals surface area (Å²) in [6, 6.07) is 0.804. The van der Waals surface area contributed by atoms with Crippen LogP contribution in [0.2, 0.25) is 0 Å². The fourth-order valence-corrected chi connectivity index (χ4v) is 2.06. The highest BCUT2D eigenvalue weighted by molar-refractivity contribution is 5.85. The van der Waals surface area contributed by atoms with Crippen LogP contribution in [0.25, 0.3) is 0 Å². The molecule has 14 heavy (non-hydrogen) atoms. The first-order chi connectivity index (χ1) is 6.31. The van der Waals surface area contributed by atoms with E-state index < -0.39 is 0 Å². The van der Waals surface area contributed by atoms with Crippen LogP contribution in [0.4, 0.5) is 0 Å². The number of carbonyl (C=O) groups excluding carboxylic acids is 1. The maximum absolute atomic E-state index is 11.1. The maximum Gasteiger partial charge on any atom is 0.246 e. The fourth-order valence-electron chi connectivity index (χ4n) is 2.06. The van der Waals surface area contributed by atoms with Gasteiger partial charge in [-0.25, -0.2) is 5.48 Å². The van der Waals surface area contributed by atoms with E-state index in [2.05, 4.69) is 4.90 Å². The molecule has 0 radical (unpaired) electrons. The van der Waals surface area contributed by atoms with E-state index in [4.69, 9.17) is 5.21 Å². The maximum atomic E-state index is 11.1. The summed E-state index contributed by atoms with van der Waals surface area (Å²) in [5.74, 6) is -0.185. The number of nitrogens with zero attached hydrogens (tertiary/aromatic N) is 1. The van der Waals surface area contributed by atoms with Crippen molar-refractivity contribution in [2.75, 3.05) is 13.1 Å². The van der Waals surface area contributed by atoms with E-state index in [1.165, 1.54) is 12.8 Å². The number of hydrogen-bond acceptors (Lipinski definition) is 3. The Kier molecular flexibility index (Phi) is 4.16. The molecule has 0 unspecified atom stereocenters. The van der Waals surface area contributed by atoms with E-state index in [-0.39, 0.29) is 24.2 Å². The summed E-state index contributed by atoms with van der Waals surface area (Å²) >= 11 is 0. The molecule has 0 atom stereocenters. The Balaban J connectivity index is 0.000000980. The molecule has 1 heterocycles. The van der Waals surface area contributed by atoms with E-state index in [1.807, 2.05) is 0 Å². The Hall–Kier alpha value is -0.320. The van der Waals surface area contributed by atoms with E-state index >= 15 is 0 Å². The fraction of sp³-hybridized carbons (Fsp3) is 0.889. The Morgan fingerprint density at radius 1 is 1.21 bits per heavy atom. The van der Waals surface area contributed by atoms with Gasteiger partial charge in [0.25, 0.3) is 0 Å². The first kappa shape index (κ1) is 11.8. The number of nitrogens with one attached hydrogen (secondary N) is 1. The molecule has 1 aliphatic carbocycles. The zero-order chi connectivity index (χ0) is 9.26. The number of likely N-dealkylation sites (tertiary alicyclic amines) is 1. The average Bonchev–Trinajstić information content (AvgIpc) is 3.00. The molecular formula is C9H17ClN2O2. The summed E-state index contributed by atoms with van der Waals surface area (Å²) in [6.45, 7) is 2.03. The number of piperidine rings is 1. The molecule has 1 aliphatic heterocycles. The summed E-state index contributed by atoms with van der Waals surface area (Å²) in [4.78, 5) is 13.5. The molecule has 0 aromatic carbocycles. The topological polar surface area (TPSA) is 52.6 Å². The highest BCUT2D eigenvalue weighted by atomic mass is 35.5. The van der Waals surface area contributed by atoms with Crippen LogP contribution in [0.1, 0.15) is 25.7 Å². The highest BCUT2D eigenvalue weighted by Gasteiger charge is 2.33. The Bertz CT molecular complexity index is 201. The van der Waals surface area contributed by atoms with Crippen LogP contribution in [0, 0.1) is 5.92 Å². The van der Waals surface area contributed by atoms with Gasteiger partial charge in [0.15, 0.2) is 0 Å². The van der Waals surface area contributed by atoms with Gasteiger partial charge in [0.1, 0.15) is 0 Å². The van der Waals surface area contributed by atoms with Crippen LogP contribution in [0.5, 0.6) is 0 Å². The molecule has 1 saturated heterocycles. The molecule has 1 saturated carbocycles. The van der Waals surface area contributed by atoms with E-state index in [0.29, 0.717) is 0 Å². The van der Waals surface area contributed by atoms with Crippen molar-refractivity contribution in [3.05, 3.63) is 0 Å². The van der Waals surface area contributed by atoms with Gasteiger partial charge in [-0.1, -0.05) is 0 Å². The minimum Gasteiger partial charge on any atom is -0.300 e. The van der Waals surface area contributed by atoms with Crippen LogP contribution in [0.3, 0.4) is 0 Å². The predicted octanol–water partition coefficient (Wildman–Crippen LogP) is 0.788. The number of rotatable bonds is 2. The van der Waals surface area contributed by atoms with Crippen molar-refractivity contribution in [2.45, 2.75) is 31.7 Å². The SMILES string of the molecule is Cl.O=C(NO)C1CCN(C2CC2)CC1. The van der Waals surface area contributed by atoms with Crippen molar-refractivity contribution in [3.8, 4) is 0 Å². The molecule has 2 aliphatic rings. The molecule has 0 spiro atoms. The summed E-state index contributed by atoms with van der Waals surface area (Å²) in [6.07, 6.45) is 4.44. The van der Waals surface area contributed by atoms with Crippen molar-refractivity contribution < 1.29 is 10.0 Å². The van der Waals surface area contributed by atoms with Gasteiger partial charge in [0.2, 0.25) is 5.91 Å². The normalized spacial score (nSPS) is 24.1. The second-order valence-corrected chi connectivity index (χ2v) is 4.02. The lowest BCUT2D eigenvalue weighted by molar-refractivity contribution is -0.134. The van der Waals surface area contributed by atoms with Gasteiger partial charge in [-0.2, -0.15) is 0 Å². The van der Waals surface area contributed by atoms with Gasteiger partial charge < -0.3 is 4.90 Å². The van der Waals surface area contributed by atoms with Crippen LogP contribution in [-0.4, -0.2) is 35.1 Å².